The second kappa shape index (κ2) is 10.1. The Hall–Kier alpha value is -3.03. The third-order valence-electron chi connectivity index (χ3n) is 5.99. The van der Waals surface area contributed by atoms with Crippen LogP contribution in [0.3, 0.4) is 0 Å². The predicted molar refractivity (Wildman–Crippen MR) is 128 cm³/mol. The Morgan fingerprint density at radius 3 is 2.22 bits per heavy atom. The molecule has 168 valence electrons. The number of aromatic nitrogens is 2. The minimum Gasteiger partial charge on any atom is -0.368 e. The van der Waals surface area contributed by atoms with Crippen molar-refractivity contribution in [2.75, 3.05) is 31.5 Å². The molecule has 1 aromatic heterocycles. The first-order chi connectivity index (χ1) is 15.5. The molecule has 1 unspecified atom stereocenters. The first kappa shape index (κ1) is 22.2. The molecule has 1 aliphatic rings. The van der Waals surface area contributed by atoms with Gasteiger partial charge < -0.3 is 11.1 Å². The number of hydrogen-bond donors (Lipinski definition) is 2. The summed E-state index contributed by atoms with van der Waals surface area (Å²) in [5.41, 5.74) is 7.85. The Labute approximate surface area is 189 Å². The number of carbonyl (C=O) groups is 1. The van der Waals surface area contributed by atoms with Crippen LogP contribution >= 0.6 is 0 Å². The first-order valence-corrected chi connectivity index (χ1v) is 11.3. The van der Waals surface area contributed by atoms with Gasteiger partial charge in [0.2, 0.25) is 5.91 Å². The number of amides is 1. The summed E-state index contributed by atoms with van der Waals surface area (Å²) in [6, 6.07) is 18.0. The minimum absolute atomic E-state index is 0.0577. The molecule has 1 fully saturated rings. The zero-order chi connectivity index (χ0) is 22.5. The van der Waals surface area contributed by atoms with Crippen molar-refractivity contribution in [3.8, 4) is 0 Å². The third-order valence-corrected chi connectivity index (χ3v) is 5.99. The maximum Gasteiger partial charge on any atom is 0.240 e. The van der Waals surface area contributed by atoms with E-state index in [-0.39, 0.29) is 11.8 Å². The maximum atomic E-state index is 11.9. The lowest BCUT2D eigenvalue weighted by Gasteiger charge is -2.34. The molecule has 1 atom stereocenters. The van der Waals surface area contributed by atoms with E-state index in [1.807, 2.05) is 38.1 Å². The van der Waals surface area contributed by atoms with E-state index < -0.39 is 6.04 Å². The molecule has 0 bridgehead atoms. The molecule has 0 spiro atoms. The van der Waals surface area contributed by atoms with Gasteiger partial charge in [0.25, 0.3) is 0 Å². The van der Waals surface area contributed by atoms with Crippen LogP contribution in [0.1, 0.15) is 25.2 Å². The Kier molecular flexibility index (Phi) is 6.97. The highest BCUT2D eigenvalue weighted by Gasteiger charge is 2.22. The van der Waals surface area contributed by atoms with Crippen LogP contribution < -0.4 is 11.1 Å². The molecule has 7 heteroatoms. The number of fused-ring (bicyclic) bond motifs is 1. The number of piperazine rings is 1. The Bertz CT molecular complexity index is 1050. The number of para-hydroxylation sites is 1. The molecule has 3 N–H and O–H groups in total. The monoisotopic (exact) mass is 432 g/mol. The van der Waals surface area contributed by atoms with Gasteiger partial charge in [-0.2, -0.15) is 0 Å². The van der Waals surface area contributed by atoms with Crippen LogP contribution in [0.25, 0.3) is 10.9 Å². The number of nitrogens with zero attached hydrogens (tertiary/aromatic N) is 4. The zero-order valence-electron chi connectivity index (χ0n) is 18.9. The third kappa shape index (κ3) is 5.41. The summed E-state index contributed by atoms with van der Waals surface area (Å²) in [6.45, 7) is 9.60. The van der Waals surface area contributed by atoms with Crippen molar-refractivity contribution in [2.45, 2.75) is 33.0 Å². The average molecular weight is 433 g/mol. The molecule has 0 aliphatic carbocycles. The van der Waals surface area contributed by atoms with Crippen LogP contribution in [0, 0.1) is 5.92 Å². The SMILES string of the molecule is CC(C)C(Nc1nc(CN2CCN(Cc3ccccc3)CC2)nc2ccccc12)C(N)=O. The quantitative estimate of drug-likeness (QED) is 0.569. The van der Waals surface area contributed by atoms with Crippen LogP contribution in [-0.2, 0) is 17.9 Å². The number of anilines is 1. The molecule has 2 heterocycles. The number of benzene rings is 2. The van der Waals surface area contributed by atoms with Gasteiger partial charge in [0.05, 0.1) is 12.1 Å². The highest BCUT2D eigenvalue weighted by Crippen LogP contribution is 2.23. The van der Waals surface area contributed by atoms with Crippen molar-refractivity contribution in [3.63, 3.8) is 0 Å². The lowest BCUT2D eigenvalue weighted by atomic mass is 10.0. The number of primary amides is 1. The number of hydrogen-bond acceptors (Lipinski definition) is 6. The normalized spacial score (nSPS) is 16.3. The van der Waals surface area contributed by atoms with Crippen molar-refractivity contribution in [2.24, 2.45) is 11.7 Å². The largest absolute Gasteiger partial charge is 0.368 e. The van der Waals surface area contributed by atoms with Crippen LogP contribution in [0.2, 0.25) is 0 Å². The van der Waals surface area contributed by atoms with Gasteiger partial charge in [-0.05, 0) is 23.6 Å². The molecule has 2 aromatic carbocycles. The van der Waals surface area contributed by atoms with E-state index >= 15 is 0 Å². The summed E-state index contributed by atoms with van der Waals surface area (Å²) in [7, 11) is 0. The summed E-state index contributed by atoms with van der Waals surface area (Å²) in [6.07, 6.45) is 0. The van der Waals surface area contributed by atoms with Gasteiger partial charge in [0.15, 0.2) is 0 Å². The highest BCUT2D eigenvalue weighted by atomic mass is 16.1. The van der Waals surface area contributed by atoms with E-state index in [9.17, 15) is 4.79 Å². The van der Waals surface area contributed by atoms with E-state index in [1.165, 1.54) is 5.56 Å². The second-order valence-corrected chi connectivity index (χ2v) is 8.81. The van der Waals surface area contributed by atoms with Gasteiger partial charge >= 0.3 is 0 Å². The van der Waals surface area contributed by atoms with Crippen molar-refractivity contribution in [1.29, 1.82) is 0 Å². The van der Waals surface area contributed by atoms with Crippen molar-refractivity contribution >= 4 is 22.6 Å². The fourth-order valence-corrected chi connectivity index (χ4v) is 4.17. The number of rotatable bonds is 8. The van der Waals surface area contributed by atoms with Crippen LogP contribution in [0.15, 0.2) is 54.6 Å². The van der Waals surface area contributed by atoms with Gasteiger partial charge in [0, 0.05) is 38.1 Å². The lowest BCUT2D eigenvalue weighted by molar-refractivity contribution is -0.119. The van der Waals surface area contributed by atoms with E-state index in [1.54, 1.807) is 0 Å². The highest BCUT2D eigenvalue weighted by molar-refractivity contribution is 5.91. The van der Waals surface area contributed by atoms with Gasteiger partial charge in [-0.25, -0.2) is 9.97 Å². The molecule has 0 saturated carbocycles. The standard InChI is InChI=1S/C25H32N6O/c1-18(2)23(24(26)32)29-25-20-10-6-7-11-21(20)27-22(28-25)17-31-14-12-30(13-15-31)16-19-8-4-3-5-9-19/h3-11,18,23H,12-17H2,1-2H3,(H2,26,32)(H,27,28,29). The predicted octanol–water partition coefficient (Wildman–Crippen LogP) is 2.87. The molecule has 1 saturated heterocycles. The summed E-state index contributed by atoms with van der Waals surface area (Å²) in [5.74, 6) is 1.11. The van der Waals surface area contributed by atoms with Gasteiger partial charge in [-0.3, -0.25) is 14.6 Å². The molecular formula is C25H32N6O. The summed E-state index contributed by atoms with van der Waals surface area (Å²) >= 11 is 0. The fraction of sp³-hybridized carbons (Fsp3) is 0.400. The minimum atomic E-state index is -0.484. The van der Waals surface area contributed by atoms with Crippen molar-refractivity contribution in [3.05, 3.63) is 66.0 Å². The van der Waals surface area contributed by atoms with Crippen molar-refractivity contribution < 1.29 is 4.79 Å². The average Bonchev–Trinajstić information content (AvgIpc) is 2.79. The topological polar surface area (TPSA) is 87.4 Å². The fourth-order valence-electron chi connectivity index (χ4n) is 4.17. The number of nitrogens with two attached hydrogens (primary N) is 1. The Balaban J connectivity index is 1.46. The summed E-state index contributed by atoms with van der Waals surface area (Å²) < 4.78 is 0. The van der Waals surface area contributed by atoms with E-state index in [4.69, 9.17) is 15.7 Å². The number of nitrogens with one attached hydrogen (secondary N) is 1. The van der Waals surface area contributed by atoms with Gasteiger partial charge in [-0.1, -0.05) is 56.3 Å². The molecule has 3 aromatic rings. The van der Waals surface area contributed by atoms with Crippen LogP contribution in [0.5, 0.6) is 0 Å². The maximum absolute atomic E-state index is 11.9. The van der Waals surface area contributed by atoms with E-state index in [2.05, 4.69) is 45.4 Å². The molecular weight excluding hydrogens is 400 g/mol. The van der Waals surface area contributed by atoms with Gasteiger partial charge in [-0.15, -0.1) is 0 Å². The Morgan fingerprint density at radius 2 is 1.56 bits per heavy atom. The van der Waals surface area contributed by atoms with Crippen molar-refractivity contribution in [1.82, 2.24) is 19.8 Å². The molecule has 7 nitrogen and oxygen atoms in total. The van der Waals surface area contributed by atoms with Crippen LogP contribution in [0.4, 0.5) is 5.82 Å². The lowest BCUT2D eigenvalue weighted by Crippen LogP contribution is -2.45. The van der Waals surface area contributed by atoms with Gasteiger partial charge in [0.1, 0.15) is 17.7 Å². The molecule has 1 amide bonds. The Morgan fingerprint density at radius 1 is 0.938 bits per heavy atom. The number of carbonyl (C=O) groups excluding carboxylic acids is 1. The smallest absolute Gasteiger partial charge is 0.240 e. The molecule has 32 heavy (non-hydrogen) atoms. The van der Waals surface area contributed by atoms with Crippen LogP contribution in [-0.4, -0.2) is 57.9 Å². The second-order valence-electron chi connectivity index (χ2n) is 8.81. The molecule has 4 rings (SSSR count). The molecule has 1 aliphatic heterocycles. The summed E-state index contributed by atoms with van der Waals surface area (Å²) in [4.78, 5) is 26.4. The first-order valence-electron chi connectivity index (χ1n) is 11.3. The van der Waals surface area contributed by atoms with E-state index in [0.717, 1.165) is 49.5 Å². The van der Waals surface area contributed by atoms with E-state index in [0.29, 0.717) is 12.4 Å². The molecule has 0 radical (unpaired) electrons. The zero-order valence-corrected chi connectivity index (χ0v) is 18.9. The summed E-state index contributed by atoms with van der Waals surface area (Å²) in [5, 5.41) is 4.18.